The van der Waals surface area contributed by atoms with Gasteiger partial charge in [-0.2, -0.15) is 0 Å². The molecule has 4 heteroatoms. The molecule has 0 aromatic heterocycles. The van der Waals surface area contributed by atoms with Gasteiger partial charge in [-0.1, -0.05) is 5.92 Å². The Morgan fingerprint density at radius 3 is 2.12 bits per heavy atom. The Hall–Kier alpha value is -1.47. The van der Waals surface area contributed by atoms with Gasteiger partial charge >= 0.3 is 0 Å². The van der Waals surface area contributed by atoms with Crippen molar-refractivity contribution in [2.45, 2.75) is 18.7 Å². The van der Waals surface area contributed by atoms with Crippen LogP contribution in [0, 0.1) is 12.3 Å². The molecule has 92 valence electrons. The van der Waals surface area contributed by atoms with Gasteiger partial charge in [0, 0.05) is 18.8 Å². The Kier molecular flexibility index (Phi) is 4.59. The second-order valence-corrected chi connectivity index (χ2v) is 5.62. The molecule has 0 bridgehead atoms. The molecule has 0 aliphatic rings. The zero-order chi connectivity index (χ0) is 12.9. The molecule has 0 N–H and O–H groups in total. The molecule has 0 amide bonds. The molecule has 1 aromatic carbocycles. The molecule has 0 fully saturated rings. The Balaban J connectivity index is 3.00. The third kappa shape index (κ3) is 3.24. The number of benzene rings is 1. The molecule has 1 rings (SSSR count). The maximum absolute atomic E-state index is 11.7. The van der Waals surface area contributed by atoms with Gasteiger partial charge in [-0.05, 0) is 38.1 Å². The summed E-state index contributed by atoms with van der Waals surface area (Å²) >= 11 is 0. The molecule has 0 saturated carbocycles. The van der Waals surface area contributed by atoms with Gasteiger partial charge in [0.1, 0.15) is 5.75 Å². The second-order valence-electron chi connectivity index (χ2n) is 3.63. The van der Waals surface area contributed by atoms with Crippen molar-refractivity contribution in [3.63, 3.8) is 0 Å². The Morgan fingerprint density at radius 2 is 1.71 bits per heavy atom. The first-order chi connectivity index (χ1) is 8.05. The highest BCUT2D eigenvalue weighted by Crippen LogP contribution is 2.18. The third-order valence-corrected chi connectivity index (χ3v) is 4.13. The van der Waals surface area contributed by atoms with Crippen LogP contribution in [0.2, 0.25) is 0 Å². The quantitative estimate of drug-likeness (QED) is 0.751. The third-order valence-electron chi connectivity index (χ3n) is 2.60. The van der Waals surface area contributed by atoms with Crippen molar-refractivity contribution >= 4 is 15.5 Å². The first-order valence-electron chi connectivity index (χ1n) is 5.56. The largest absolute Gasteiger partial charge is 0.372 e. The van der Waals surface area contributed by atoms with Crippen LogP contribution in [-0.4, -0.2) is 27.3 Å². The minimum atomic E-state index is -3.32. The minimum absolute atomic E-state index is 0.252. The number of rotatable bonds is 5. The fourth-order valence-electron chi connectivity index (χ4n) is 1.65. The van der Waals surface area contributed by atoms with E-state index >= 15 is 0 Å². The van der Waals surface area contributed by atoms with E-state index in [2.05, 4.69) is 24.7 Å². The smallest absolute Gasteiger partial charge is 0.189 e. The highest BCUT2D eigenvalue weighted by Gasteiger charge is 2.12. The van der Waals surface area contributed by atoms with E-state index in [-0.39, 0.29) is 10.6 Å². The summed E-state index contributed by atoms with van der Waals surface area (Å²) in [6.45, 7) is 5.92. The zero-order valence-corrected chi connectivity index (χ0v) is 11.0. The SMILES string of the molecule is C#CCS(=O)(=O)c1ccc(N(CC)CC)cc1. The van der Waals surface area contributed by atoms with Crippen LogP contribution in [0.5, 0.6) is 0 Å². The van der Waals surface area contributed by atoms with Crippen LogP contribution in [0.4, 0.5) is 5.69 Å². The molecular formula is C13H17NO2S. The van der Waals surface area contributed by atoms with Gasteiger partial charge in [0.2, 0.25) is 0 Å². The highest BCUT2D eigenvalue weighted by atomic mass is 32.2. The van der Waals surface area contributed by atoms with Crippen LogP contribution < -0.4 is 4.90 Å². The highest BCUT2D eigenvalue weighted by molar-refractivity contribution is 7.91. The van der Waals surface area contributed by atoms with Gasteiger partial charge in [0.25, 0.3) is 0 Å². The maximum Gasteiger partial charge on any atom is 0.189 e. The lowest BCUT2D eigenvalue weighted by Gasteiger charge is -2.21. The molecule has 0 atom stereocenters. The van der Waals surface area contributed by atoms with E-state index in [9.17, 15) is 8.42 Å². The Labute approximate surface area is 103 Å². The van der Waals surface area contributed by atoms with E-state index in [0.717, 1.165) is 18.8 Å². The molecule has 3 nitrogen and oxygen atoms in total. The van der Waals surface area contributed by atoms with Gasteiger partial charge < -0.3 is 4.90 Å². The Bertz CT molecular complexity index is 493. The summed E-state index contributed by atoms with van der Waals surface area (Å²) in [6, 6.07) is 6.85. The van der Waals surface area contributed by atoms with Crippen molar-refractivity contribution in [3.05, 3.63) is 24.3 Å². The topological polar surface area (TPSA) is 37.4 Å². The van der Waals surface area contributed by atoms with Crippen molar-refractivity contribution in [1.82, 2.24) is 0 Å². The number of nitrogens with zero attached hydrogens (tertiary/aromatic N) is 1. The standard InChI is InChI=1S/C13H17NO2S/c1-4-11-17(15,16)13-9-7-12(8-10-13)14(5-2)6-3/h1,7-10H,5-6,11H2,2-3H3. The van der Waals surface area contributed by atoms with Crippen LogP contribution in [0.1, 0.15) is 13.8 Å². The number of hydrogen-bond donors (Lipinski definition) is 0. The van der Waals surface area contributed by atoms with Crippen molar-refractivity contribution in [1.29, 1.82) is 0 Å². The summed E-state index contributed by atoms with van der Waals surface area (Å²) in [6.07, 6.45) is 5.04. The first-order valence-corrected chi connectivity index (χ1v) is 7.21. The van der Waals surface area contributed by atoms with Gasteiger partial charge in [-0.25, -0.2) is 8.42 Å². The normalized spacial score (nSPS) is 10.9. The molecule has 1 aromatic rings. The summed E-state index contributed by atoms with van der Waals surface area (Å²) < 4.78 is 23.4. The van der Waals surface area contributed by atoms with Crippen LogP contribution in [0.3, 0.4) is 0 Å². The van der Waals surface area contributed by atoms with E-state index in [0.29, 0.717) is 0 Å². The average molecular weight is 251 g/mol. The van der Waals surface area contributed by atoms with Crippen molar-refractivity contribution in [2.24, 2.45) is 0 Å². The number of hydrogen-bond acceptors (Lipinski definition) is 3. The first kappa shape index (κ1) is 13.6. The van der Waals surface area contributed by atoms with Gasteiger partial charge in [0.15, 0.2) is 9.84 Å². The van der Waals surface area contributed by atoms with Crippen LogP contribution in [0.25, 0.3) is 0 Å². The summed E-state index contributed by atoms with van der Waals surface area (Å²) in [5, 5.41) is 0. The predicted octanol–water partition coefficient (Wildman–Crippen LogP) is 1.94. The van der Waals surface area contributed by atoms with Crippen molar-refractivity contribution < 1.29 is 8.42 Å². The Morgan fingerprint density at radius 1 is 1.18 bits per heavy atom. The predicted molar refractivity (Wildman–Crippen MR) is 70.9 cm³/mol. The molecule has 0 unspecified atom stereocenters. The van der Waals surface area contributed by atoms with Crippen molar-refractivity contribution in [2.75, 3.05) is 23.7 Å². The van der Waals surface area contributed by atoms with Gasteiger partial charge in [-0.15, -0.1) is 6.42 Å². The summed E-state index contributed by atoms with van der Waals surface area (Å²) in [5.41, 5.74) is 1.02. The van der Waals surface area contributed by atoms with Gasteiger partial charge in [0.05, 0.1) is 4.90 Å². The van der Waals surface area contributed by atoms with Crippen LogP contribution in [-0.2, 0) is 9.84 Å². The molecule has 0 saturated heterocycles. The summed E-state index contributed by atoms with van der Waals surface area (Å²) in [5.74, 6) is 1.92. The van der Waals surface area contributed by atoms with E-state index in [1.54, 1.807) is 12.1 Å². The van der Waals surface area contributed by atoms with E-state index in [1.807, 2.05) is 12.1 Å². The molecule has 0 aliphatic carbocycles. The van der Waals surface area contributed by atoms with E-state index < -0.39 is 9.84 Å². The van der Waals surface area contributed by atoms with Gasteiger partial charge in [-0.3, -0.25) is 0 Å². The second kappa shape index (κ2) is 5.74. The molecular weight excluding hydrogens is 234 g/mol. The number of anilines is 1. The number of sulfone groups is 1. The lowest BCUT2D eigenvalue weighted by atomic mass is 10.3. The fraction of sp³-hybridized carbons (Fsp3) is 0.385. The average Bonchev–Trinajstić information content (AvgIpc) is 2.31. The molecule has 0 heterocycles. The number of terminal acetylenes is 1. The zero-order valence-electron chi connectivity index (χ0n) is 10.2. The summed E-state index contributed by atoms with van der Waals surface area (Å²) in [7, 11) is -3.32. The minimum Gasteiger partial charge on any atom is -0.372 e. The lowest BCUT2D eigenvalue weighted by Crippen LogP contribution is -2.21. The molecule has 0 aliphatic heterocycles. The molecule has 0 radical (unpaired) electrons. The summed E-state index contributed by atoms with van der Waals surface area (Å²) in [4.78, 5) is 2.43. The fourth-order valence-corrected chi connectivity index (χ4v) is 2.58. The van der Waals surface area contributed by atoms with Crippen molar-refractivity contribution in [3.8, 4) is 12.3 Å². The molecule has 17 heavy (non-hydrogen) atoms. The monoisotopic (exact) mass is 251 g/mol. The van der Waals surface area contributed by atoms with E-state index in [1.165, 1.54) is 0 Å². The molecule has 0 spiro atoms. The van der Waals surface area contributed by atoms with Crippen LogP contribution >= 0.6 is 0 Å². The maximum atomic E-state index is 11.7. The van der Waals surface area contributed by atoms with E-state index in [4.69, 9.17) is 6.42 Å². The van der Waals surface area contributed by atoms with Crippen LogP contribution in [0.15, 0.2) is 29.2 Å². The lowest BCUT2D eigenvalue weighted by molar-refractivity contribution is 0.599.